The maximum Gasteiger partial charge on any atom is 0.0547 e. The van der Waals surface area contributed by atoms with E-state index in [2.05, 4.69) is 264 Å². The van der Waals surface area contributed by atoms with Gasteiger partial charge in [-0.3, -0.25) is 0 Å². The van der Waals surface area contributed by atoms with Crippen LogP contribution >= 0.6 is 0 Å². The van der Waals surface area contributed by atoms with Gasteiger partial charge < -0.3 is 9.47 Å². The standard InChI is InChI=1S/C64H42N2/c1-3-18-49-41-63-60(39-47(49)16-1)61-40-48-17-2-4-19-50(48)42-64(61)66(63)62-29-10-9-26-59(62)51-22-11-23-54(38-51)65(52-34-30-45(31-35-52)57-27-12-20-43-14-5-7-24-55(43)57)53-36-32-46(33-37-53)58-28-13-21-44-15-6-8-25-56(44)58/h1-42H. The third kappa shape index (κ3) is 6.34. The highest BCUT2D eigenvalue weighted by Gasteiger charge is 2.20. The molecule has 0 saturated carbocycles. The van der Waals surface area contributed by atoms with Crippen molar-refractivity contribution < 1.29 is 0 Å². The number of hydrogen-bond acceptors (Lipinski definition) is 1. The molecule has 0 unspecified atom stereocenters. The van der Waals surface area contributed by atoms with Crippen LogP contribution in [0.15, 0.2) is 255 Å². The molecule has 0 amide bonds. The van der Waals surface area contributed by atoms with Gasteiger partial charge in [-0.2, -0.15) is 0 Å². The average Bonchev–Trinajstić information content (AvgIpc) is 3.69. The Morgan fingerprint density at radius 1 is 0.242 bits per heavy atom. The molecule has 13 rings (SSSR count). The van der Waals surface area contributed by atoms with Gasteiger partial charge in [0.15, 0.2) is 0 Å². The normalized spacial score (nSPS) is 11.6. The van der Waals surface area contributed by atoms with Gasteiger partial charge >= 0.3 is 0 Å². The van der Waals surface area contributed by atoms with Crippen molar-refractivity contribution in [2.45, 2.75) is 0 Å². The zero-order chi connectivity index (χ0) is 43.6. The van der Waals surface area contributed by atoms with Gasteiger partial charge in [0.1, 0.15) is 0 Å². The van der Waals surface area contributed by atoms with Gasteiger partial charge in [0, 0.05) is 33.4 Å². The second-order valence-electron chi connectivity index (χ2n) is 17.3. The topological polar surface area (TPSA) is 8.17 Å². The fraction of sp³-hybridized carbons (Fsp3) is 0. The molecule has 0 saturated heterocycles. The summed E-state index contributed by atoms with van der Waals surface area (Å²) < 4.78 is 2.49. The maximum atomic E-state index is 2.49. The highest BCUT2D eigenvalue weighted by Crippen LogP contribution is 2.43. The summed E-state index contributed by atoms with van der Waals surface area (Å²) in [7, 11) is 0. The van der Waals surface area contributed by atoms with Gasteiger partial charge in [-0.25, -0.2) is 0 Å². The summed E-state index contributed by atoms with van der Waals surface area (Å²) in [5.74, 6) is 0. The van der Waals surface area contributed by atoms with Gasteiger partial charge in [0.2, 0.25) is 0 Å². The van der Waals surface area contributed by atoms with E-state index in [1.807, 2.05) is 0 Å². The van der Waals surface area contributed by atoms with E-state index < -0.39 is 0 Å². The van der Waals surface area contributed by atoms with Gasteiger partial charge in [0.25, 0.3) is 0 Å². The third-order valence-corrected chi connectivity index (χ3v) is 13.5. The van der Waals surface area contributed by atoms with E-state index in [9.17, 15) is 0 Å². The van der Waals surface area contributed by atoms with Crippen LogP contribution in [-0.2, 0) is 0 Å². The Hall–Kier alpha value is -8.72. The molecule has 2 heteroatoms. The summed E-state index contributed by atoms with van der Waals surface area (Å²) >= 11 is 0. The Labute approximate surface area is 383 Å². The van der Waals surface area contributed by atoms with Crippen molar-refractivity contribution in [2.24, 2.45) is 0 Å². The molecule has 1 aromatic heterocycles. The van der Waals surface area contributed by atoms with E-state index in [1.165, 1.54) is 87.1 Å². The molecule has 0 bridgehead atoms. The first-order valence-corrected chi connectivity index (χ1v) is 22.7. The lowest BCUT2D eigenvalue weighted by Gasteiger charge is -2.27. The van der Waals surface area contributed by atoms with Crippen molar-refractivity contribution in [3.8, 4) is 39.1 Å². The number of aromatic nitrogens is 1. The monoisotopic (exact) mass is 838 g/mol. The van der Waals surface area contributed by atoms with Gasteiger partial charge in [-0.15, -0.1) is 0 Å². The lowest BCUT2D eigenvalue weighted by Crippen LogP contribution is -2.10. The number of hydrogen-bond donors (Lipinski definition) is 0. The Bertz CT molecular complexity index is 3760. The van der Waals surface area contributed by atoms with Crippen LogP contribution < -0.4 is 4.90 Å². The Morgan fingerprint density at radius 2 is 0.652 bits per heavy atom. The van der Waals surface area contributed by atoms with Crippen LogP contribution in [0.2, 0.25) is 0 Å². The molecular formula is C64H42N2. The molecule has 12 aromatic carbocycles. The Balaban J connectivity index is 0.974. The summed E-state index contributed by atoms with van der Waals surface area (Å²) in [4.78, 5) is 2.39. The van der Waals surface area contributed by atoms with Crippen molar-refractivity contribution >= 4 is 82.0 Å². The molecule has 66 heavy (non-hydrogen) atoms. The molecule has 2 nitrogen and oxygen atoms in total. The first-order valence-electron chi connectivity index (χ1n) is 22.7. The van der Waals surface area contributed by atoms with Crippen LogP contribution in [0.4, 0.5) is 17.1 Å². The molecule has 0 aliphatic carbocycles. The summed E-state index contributed by atoms with van der Waals surface area (Å²) in [6.07, 6.45) is 0. The van der Waals surface area contributed by atoms with Crippen molar-refractivity contribution in [3.63, 3.8) is 0 Å². The van der Waals surface area contributed by atoms with Crippen LogP contribution in [0.1, 0.15) is 0 Å². The molecule has 0 atom stereocenters. The number of anilines is 3. The first-order chi connectivity index (χ1) is 32.7. The number of benzene rings is 12. The predicted octanol–water partition coefficient (Wildman–Crippen LogP) is 17.9. The Morgan fingerprint density at radius 3 is 1.18 bits per heavy atom. The third-order valence-electron chi connectivity index (χ3n) is 13.5. The van der Waals surface area contributed by atoms with E-state index in [-0.39, 0.29) is 0 Å². The summed E-state index contributed by atoms with van der Waals surface area (Å²) in [5.41, 5.74) is 13.9. The van der Waals surface area contributed by atoms with E-state index >= 15 is 0 Å². The summed E-state index contributed by atoms with van der Waals surface area (Å²) in [6.45, 7) is 0. The molecule has 13 aromatic rings. The van der Waals surface area contributed by atoms with Crippen molar-refractivity contribution in [1.82, 2.24) is 4.57 Å². The lowest BCUT2D eigenvalue weighted by atomic mass is 9.97. The van der Waals surface area contributed by atoms with Crippen LogP contribution in [0.3, 0.4) is 0 Å². The highest BCUT2D eigenvalue weighted by molar-refractivity contribution is 6.17. The van der Waals surface area contributed by atoms with Gasteiger partial charge in [-0.1, -0.05) is 188 Å². The predicted molar refractivity (Wildman–Crippen MR) is 282 cm³/mol. The average molecular weight is 839 g/mol. The fourth-order valence-electron chi connectivity index (χ4n) is 10.4. The minimum absolute atomic E-state index is 1.08. The largest absolute Gasteiger partial charge is 0.310 e. The first kappa shape index (κ1) is 37.8. The zero-order valence-electron chi connectivity index (χ0n) is 36.1. The quantitative estimate of drug-likeness (QED) is 0.155. The van der Waals surface area contributed by atoms with Crippen molar-refractivity contribution in [2.75, 3.05) is 4.90 Å². The number of fused-ring (bicyclic) bond motifs is 7. The number of rotatable bonds is 7. The molecule has 1 heterocycles. The summed E-state index contributed by atoms with van der Waals surface area (Å²) in [6, 6.07) is 93.4. The van der Waals surface area contributed by atoms with Crippen LogP contribution in [0, 0.1) is 0 Å². The van der Waals surface area contributed by atoms with Gasteiger partial charge in [-0.05, 0) is 138 Å². The summed E-state index contributed by atoms with van der Waals surface area (Å²) in [5, 5.41) is 12.4. The molecular weight excluding hydrogens is 797 g/mol. The lowest BCUT2D eigenvalue weighted by molar-refractivity contribution is 1.18. The smallest absolute Gasteiger partial charge is 0.0547 e. The van der Waals surface area contributed by atoms with Crippen LogP contribution in [0.25, 0.3) is 104 Å². The minimum Gasteiger partial charge on any atom is -0.310 e. The van der Waals surface area contributed by atoms with E-state index in [0.717, 1.165) is 33.9 Å². The van der Waals surface area contributed by atoms with E-state index in [4.69, 9.17) is 0 Å². The molecule has 308 valence electrons. The molecule has 0 aliphatic heterocycles. The second-order valence-corrected chi connectivity index (χ2v) is 17.3. The molecule has 0 radical (unpaired) electrons. The second kappa shape index (κ2) is 15.5. The number of para-hydroxylation sites is 1. The van der Waals surface area contributed by atoms with Gasteiger partial charge in [0.05, 0.1) is 16.7 Å². The Kier molecular flexibility index (Phi) is 8.89. The zero-order valence-corrected chi connectivity index (χ0v) is 36.1. The molecule has 0 spiro atoms. The van der Waals surface area contributed by atoms with E-state index in [1.54, 1.807) is 0 Å². The minimum atomic E-state index is 1.08. The van der Waals surface area contributed by atoms with E-state index in [0.29, 0.717) is 0 Å². The SMILES string of the molecule is c1cc(-c2ccccc2-n2c3cc4ccccc4cc3c3cc4ccccc4cc32)cc(N(c2ccc(-c3cccc4ccccc34)cc2)c2ccc(-c3cccc4ccccc34)cc2)c1. The highest BCUT2D eigenvalue weighted by atomic mass is 15.1. The van der Waals surface area contributed by atoms with Crippen molar-refractivity contribution in [1.29, 1.82) is 0 Å². The number of nitrogens with zero attached hydrogens (tertiary/aromatic N) is 2. The van der Waals surface area contributed by atoms with Crippen LogP contribution in [-0.4, -0.2) is 4.57 Å². The fourth-order valence-corrected chi connectivity index (χ4v) is 10.4. The molecule has 0 fully saturated rings. The van der Waals surface area contributed by atoms with Crippen LogP contribution in [0.5, 0.6) is 0 Å². The maximum absolute atomic E-state index is 2.49. The molecule has 0 aliphatic rings. The van der Waals surface area contributed by atoms with Crippen molar-refractivity contribution in [3.05, 3.63) is 255 Å². The molecule has 0 N–H and O–H groups in total.